The van der Waals surface area contributed by atoms with E-state index in [0.29, 0.717) is 12.8 Å². The summed E-state index contributed by atoms with van der Waals surface area (Å²) in [5.74, 6) is -1.46. The van der Waals surface area contributed by atoms with Crippen LogP contribution in [0, 0.1) is 5.92 Å². The van der Waals surface area contributed by atoms with E-state index in [0.717, 1.165) is 6.42 Å². The molecule has 6 heteroatoms. The minimum atomic E-state index is -1.07. The van der Waals surface area contributed by atoms with Gasteiger partial charge in [-0.3, -0.25) is 4.90 Å². The molecule has 2 N–H and O–H groups in total. The van der Waals surface area contributed by atoms with E-state index in [1.54, 1.807) is 20.8 Å². The highest BCUT2D eigenvalue weighted by Crippen LogP contribution is 2.40. The normalized spacial score (nSPS) is 34.2. The summed E-state index contributed by atoms with van der Waals surface area (Å²) in [6.07, 6.45) is 0.570. The van der Waals surface area contributed by atoms with Crippen molar-refractivity contribution in [2.24, 2.45) is 5.92 Å². The van der Waals surface area contributed by atoms with E-state index in [4.69, 9.17) is 4.74 Å². The second kappa shape index (κ2) is 4.67. The summed E-state index contributed by atoms with van der Waals surface area (Å²) in [5.41, 5.74) is -0.657. The Hall–Kier alpha value is -1.30. The van der Waals surface area contributed by atoms with Gasteiger partial charge in [0, 0.05) is 12.0 Å². The number of carboxylic acids is 1. The maximum Gasteiger partial charge on any atom is 0.411 e. The number of rotatable bonds is 1. The van der Waals surface area contributed by atoms with Gasteiger partial charge in [0.1, 0.15) is 11.6 Å². The van der Waals surface area contributed by atoms with Crippen LogP contribution < -0.4 is 0 Å². The van der Waals surface area contributed by atoms with E-state index in [1.807, 2.05) is 0 Å². The molecule has 6 nitrogen and oxygen atoms in total. The number of fused-ring (bicyclic) bond motifs is 3. The van der Waals surface area contributed by atoms with Gasteiger partial charge in [0.05, 0.1) is 6.10 Å². The minimum absolute atomic E-state index is 0.240. The van der Waals surface area contributed by atoms with Crippen molar-refractivity contribution >= 4 is 12.1 Å². The molecule has 1 amide bonds. The van der Waals surface area contributed by atoms with E-state index in [9.17, 15) is 19.8 Å². The Kier molecular flexibility index (Phi) is 3.47. The number of carboxylic acid groups (broad SMARTS) is 1. The zero-order chi connectivity index (χ0) is 14.4. The molecule has 2 saturated heterocycles. The smallest absolute Gasteiger partial charge is 0.411 e. The number of amides is 1. The van der Waals surface area contributed by atoms with Crippen molar-refractivity contribution in [3.05, 3.63) is 0 Å². The Balaban J connectivity index is 2.22. The number of ether oxygens (including phenoxy) is 1. The molecular formula is C13H21NO5. The molecule has 0 aromatic heterocycles. The largest absolute Gasteiger partial charge is 0.480 e. The number of piperidine rings is 2. The van der Waals surface area contributed by atoms with Gasteiger partial charge in [0.2, 0.25) is 0 Å². The Bertz CT molecular complexity index is 389. The molecule has 2 unspecified atom stereocenters. The number of carbonyl (C=O) groups excluding carboxylic acids is 1. The number of nitrogens with zero attached hydrogens (tertiary/aromatic N) is 1. The molecule has 3 rings (SSSR count). The minimum Gasteiger partial charge on any atom is -0.480 e. The molecular weight excluding hydrogens is 250 g/mol. The third-order valence-electron chi connectivity index (χ3n) is 3.80. The quantitative estimate of drug-likeness (QED) is 0.748. The van der Waals surface area contributed by atoms with E-state index < -0.39 is 35.7 Å². The van der Waals surface area contributed by atoms with Gasteiger partial charge in [0.25, 0.3) is 0 Å². The lowest BCUT2D eigenvalue weighted by atomic mass is 9.73. The summed E-state index contributed by atoms with van der Waals surface area (Å²) in [6.45, 7) is 5.24. The lowest BCUT2D eigenvalue weighted by molar-refractivity contribution is -0.159. The molecule has 2 aliphatic heterocycles. The molecule has 0 aromatic carbocycles. The van der Waals surface area contributed by atoms with Crippen LogP contribution in [0.15, 0.2) is 0 Å². The Morgan fingerprint density at radius 2 is 1.89 bits per heavy atom. The van der Waals surface area contributed by atoms with E-state index >= 15 is 0 Å². The van der Waals surface area contributed by atoms with Crippen molar-refractivity contribution in [2.45, 2.75) is 63.8 Å². The van der Waals surface area contributed by atoms with Crippen LogP contribution in [0.1, 0.15) is 40.0 Å². The number of aliphatic hydroxyl groups is 1. The van der Waals surface area contributed by atoms with Crippen molar-refractivity contribution in [3.8, 4) is 0 Å². The maximum absolute atomic E-state index is 12.2. The SMILES string of the molecule is CC(C)(C)OC(=O)N1C2CCC([C@H]1C(=O)O)[C@@H](O)C2. The fourth-order valence-electron chi connectivity index (χ4n) is 3.08. The van der Waals surface area contributed by atoms with Gasteiger partial charge in [-0.1, -0.05) is 0 Å². The summed E-state index contributed by atoms with van der Waals surface area (Å²) in [4.78, 5) is 24.9. The summed E-state index contributed by atoms with van der Waals surface area (Å²) >= 11 is 0. The third-order valence-corrected chi connectivity index (χ3v) is 3.80. The van der Waals surface area contributed by atoms with Crippen molar-refractivity contribution in [1.29, 1.82) is 0 Å². The van der Waals surface area contributed by atoms with Crippen molar-refractivity contribution < 1.29 is 24.5 Å². The first-order chi connectivity index (χ1) is 8.70. The number of aliphatic hydroxyl groups excluding tert-OH is 1. The number of carbonyl (C=O) groups is 2. The molecule has 3 aliphatic rings. The molecule has 0 radical (unpaired) electrons. The molecule has 4 atom stereocenters. The Morgan fingerprint density at radius 1 is 1.26 bits per heavy atom. The number of hydrogen-bond acceptors (Lipinski definition) is 4. The van der Waals surface area contributed by atoms with Crippen LogP contribution >= 0.6 is 0 Å². The third kappa shape index (κ3) is 2.68. The maximum atomic E-state index is 12.2. The summed E-state index contributed by atoms with van der Waals surface area (Å²) in [5, 5.41) is 19.2. The predicted molar refractivity (Wildman–Crippen MR) is 66.6 cm³/mol. The van der Waals surface area contributed by atoms with Crippen molar-refractivity contribution in [2.75, 3.05) is 0 Å². The summed E-state index contributed by atoms with van der Waals surface area (Å²) < 4.78 is 5.29. The van der Waals surface area contributed by atoms with Gasteiger partial charge >= 0.3 is 12.1 Å². The molecule has 0 spiro atoms. The van der Waals surface area contributed by atoms with Crippen LogP contribution in [0.5, 0.6) is 0 Å². The molecule has 0 aromatic rings. The molecule has 2 bridgehead atoms. The van der Waals surface area contributed by atoms with E-state index in [2.05, 4.69) is 0 Å². The standard InChI is InChI=1S/C13H21NO5/c1-13(2,3)19-12(18)14-7-4-5-8(9(15)6-7)10(14)11(16)17/h7-10,15H,4-6H2,1-3H3,(H,16,17)/t7?,8?,9-,10-/m0/s1. The molecule has 108 valence electrons. The van der Waals surface area contributed by atoms with Gasteiger partial charge < -0.3 is 14.9 Å². The Morgan fingerprint density at radius 3 is 2.37 bits per heavy atom. The molecule has 3 fully saturated rings. The van der Waals surface area contributed by atoms with Crippen LogP contribution in [0.3, 0.4) is 0 Å². The second-order valence-electron chi connectivity index (χ2n) is 6.37. The van der Waals surface area contributed by atoms with Crippen LogP contribution in [0.2, 0.25) is 0 Å². The lowest BCUT2D eigenvalue weighted by Crippen LogP contribution is -2.65. The highest BCUT2D eigenvalue weighted by atomic mass is 16.6. The summed E-state index contributed by atoms with van der Waals surface area (Å²) in [7, 11) is 0. The van der Waals surface area contributed by atoms with Gasteiger partial charge in [-0.05, 0) is 40.0 Å². The second-order valence-corrected chi connectivity index (χ2v) is 6.37. The number of hydrogen-bond donors (Lipinski definition) is 2. The average molecular weight is 271 g/mol. The fourth-order valence-corrected chi connectivity index (χ4v) is 3.08. The van der Waals surface area contributed by atoms with E-state index in [1.165, 1.54) is 4.90 Å². The highest BCUT2D eigenvalue weighted by molar-refractivity contribution is 5.81. The van der Waals surface area contributed by atoms with Crippen LogP contribution in [-0.4, -0.2) is 51.0 Å². The highest BCUT2D eigenvalue weighted by Gasteiger charge is 2.52. The van der Waals surface area contributed by atoms with E-state index in [-0.39, 0.29) is 6.04 Å². The van der Waals surface area contributed by atoms with Gasteiger partial charge in [-0.2, -0.15) is 0 Å². The van der Waals surface area contributed by atoms with Crippen molar-refractivity contribution in [3.63, 3.8) is 0 Å². The number of aliphatic carboxylic acids is 1. The molecule has 1 aliphatic carbocycles. The fraction of sp³-hybridized carbons (Fsp3) is 0.846. The predicted octanol–water partition coefficient (Wildman–Crippen LogP) is 1.22. The first-order valence-corrected chi connectivity index (χ1v) is 6.63. The lowest BCUT2D eigenvalue weighted by Gasteiger charge is -2.51. The van der Waals surface area contributed by atoms with Gasteiger partial charge in [0.15, 0.2) is 0 Å². The zero-order valence-electron chi connectivity index (χ0n) is 11.5. The van der Waals surface area contributed by atoms with Crippen LogP contribution in [-0.2, 0) is 9.53 Å². The van der Waals surface area contributed by atoms with Crippen LogP contribution in [0.4, 0.5) is 4.79 Å². The zero-order valence-corrected chi connectivity index (χ0v) is 11.5. The molecule has 1 saturated carbocycles. The van der Waals surface area contributed by atoms with Gasteiger partial charge in [-0.15, -0.1) is 0 Å². The monoisotopic (exact) mass is 271 g/mol. The van der Waals surface area contributed by atoms with Crippen LogP contribution in [0.25, 0.3) is 0 Å². The van der Waals surface area contributed by atoms with Crippen molar-refractivity contribution in [1.82, 2.24) is 4.90 Å². The molecule has 2 heterocycles. The topological polar surface area (TPSA) is 87.1 Å². The van der Waals surface area contributed by atoms with Gasteiger partial charge in [-0.25, -0.2) is 9.59 Å². The summed E-state index contributed by atoms with van der Waals surface area (Å²) in [6, 6.07) is -1.21. The average Bonchev–Trinajstić information content (AvgIpc) is 2.25. The molecule has 19 heavy (non-hydrogen) atoms. The first-order valence-electron chi connectivity index (χ1n) is 6.63. The first kappa shape index (κ1) is 14.1. The Labute approximate surface area is 112 Å².